The number of methoxy groups -OCH3 is 1. The molecule has 0 aliphatic carbocycles. The van der Waals surface area contributed by atoms with Crippen LogP contribution in [0.2, 0.25) is 0 Å². The number of benzene rings is 3. The molecule has 0 saturated carbocycles. The maximum Gasteiger partial charge on any atom is 0.234 e. The van der Waals surface area contributed by atoms with Gasteiger partial charge in [-0.3, -0.25) is 9.36 Å². The van der Waals surface area contributed by atoms with Gasteiger partial charge in [0.25, 0.3) is 0 Å². The molecular formula is C26H25BrN4O2S. The van der Waals surface area contributed by atoms with Crippen LogP contribution >= 0.6 is 27.7 Å². The second-order valence-corrected chi connectivity index (χ2v) is 9.51. The number of anilines is 1. The number of nitrogens with one attached hydrogen (secondary N) is 1. The third kappa shape index (κ3) is 5.34. The molecular weight excluding hydrogens is 512 g/mol. The quantitative estimate of drug-likeness (QED) is 0.267. The number of halogens is 1. The SMILES string of the molecule is CCc1cc(Br)cc(C)c1NC(=O)CSc1nnc(-c2ccccc2)n1-c1ccc(OC)cc1. The van der Waals surface area contributed by atoms with E-state index in [1.54, 1.807) is 7.11 Å². The second-order valence-electron chi connectivity index (χ2n) is 7.65. The topological polar surface area (TPSA) is 69.0 Å². The molecule has 3 aromatic carbocycles. The maximum absolute atomic E-state index is 12.9. The number of hydrogen-bond donors (Lipinski definition) is 1. The van der Waals surface area contributed by atoms with Crippen LogP contribution in [0.5, 0.6) is 5.75 Å². The lowest BCUT2D eigenvalue weighted by molar-refractivity contribution is -0.113. The summed E-state index contributed by atoms with van der Waals surface area (Å²) in [5.41, 5.74) is 4.83. The summed E-state index contributed by atoms with van der Waals surface area (Å²) in [6.45, 7) is 4.08. The van der Waals surface area contributed by atoms with Gasteiger partial charge in [0.05, 0.1) is 12.9 Å². The van der Waals surface area contributed by atoms with Crippen LogP contribution in [0.3, 0.4) is 0 Å². The molecule has 34 heavy (non-hydrogen) atoms. The molecule has 0 spiro atoms. The van der Waals surface area contributed by atoms with E-state index < -0.39 is 0 Å². The molecule has 0 atom stereocenters. The Labute approximate surface area is 211 Å². The number of rotatable bonds is 8. The highest BCUT2D eigenvalue weighted by atomic mass is 79.9. The number of carbonyl (C=O) groups excluding carboxylic acids is 1. The Morgan fingerprint density at radius 1 is 1.09 bits per heavy atom. The average Bonchev–Trinajstić information content (AvgIpc) is 3.28. The summed E-state index contributed by atoms with van der Waals surface area (Å²) in [4.78, 5) is 12.9. The second kappa shape index (κ2) is 10.9. The van der Waals surface area contributed by atoms with Crippen molar-refractivity contribution in [2.24, 2.45) is 0 Å². The molecule has 0 fully saturated rings. The Morgan fingerprint density at radius 2 is 1.82 bits per heavy atom. The van der Waals surface area contributed by atoms with Crippen molar-refractivity contribution in [2.75, 3.05) is 18.2 Å². The van der Waals surface area contributed by atoms with Crippen molar-refractivity contribution in [3.63, 3.8) is 0 Å². The minimum Gasteiger partial charge on any atom is -0.497 e. The van der Waals surface area contributed by atoms with Gasteiger partial charge in [0.1, 0.15) is 5.75 Å². The smallest absolute Gasteiger partial charge is 0.234 e. The molecule has 0 aliphatic heterocycles. The van der Waals surface area contributed by atoms with E-state index in [2.05, 4.69) is 38.4 Å². The Morgan fingerprint density at radius 3 is 2.50 bits per heavy atom. The van der Waals surface area contributed by atoms with Gasteiger partial charge in [0.2, 0.25) is 5.91 Å². The van der Waals surface area contributed by atoms with Crippen LogP contribution in [0, 0.1) is 6.92 Å². The van der Waals surface area contributed by atoms with Crippen LogP contribution in [-0.4, -0.2) is 33.5 Å². The standard InChI is InChI=1S/C26H25BrN4O2S/c1-4-18-15-20(27)14-17(2)24(18)28-23(32)16-34-26-30-29-25(19-8-6-5-7-9-19)31(26)21-10-12-22(33-3)13-11-21/h5-15H,4,16H2,1-3H3,(H,28,32). The lowest BCUT2D eigenvalue weighted by Crippen LogP contribution is -2.16. The van der Waals surface area contributed by atoms with Crippen LogP contribution < -0.4 is 10.1 Å². The zero-order valence-corrected chi connectivity index (χ0v) is 21.6. The molecule has 8 heteroatoms. The molecule has 0 aliphatic rings. The van der Waals surface area contributed by atoms with Gasteiger partial charge in [0, 0.05) is 21.4 Å². The van der Waals surface area contributed by atoms with E-state index in [9.17, 15) is 4.79 Å². The van der Waals surface area contributed by atoms with Gasteiger partial charge in [-0.2, -0.15) is 0 Å². The molecule has 4 rings (SSSR count). The van der Waals surface area contributed by atoms with Crippen LogP contribution in [-0.2, 0) is 11.2 Å². The lowest BCUT2D eigenvalue weighted by Gasteiger charge is -2.14. The monoisotopic (exact) mass is 536 g/mol. The third-order valence-electron chi connectivity index (χ3n) is 5.36. The first-order valence-corrected chi connectivity index (χ1v) is 12.6. The van der Waals surface area contributed by atoms with Crippen molar-refractivity contribution in [3.05, 3.63) is 82.3 Å². The van der Waals surface area contributed by atoms with Crippen molar-refractivity contribution in [3.8, 4) is 22.8 Å². The molecule has 1 N–H and O–H groups in total. The van der Waals surface area contributed by atoms with Crippen molar-refractivity contribution < 1.29 is 9.53 Å². The molecule has 1 heterocycles. The van der Waals surface area contributed by atoms with E-state index in [4.69, 9.17) is 4.74 Å². The summed E-state index contributed by atoms with van der Waals surface area (Å²) in [5, 5.41) is 12.6. The van der Waals surface area contributed by atoms with Gasteiger partial charge in [-0.1, -0.05) is 64.9 Å². The zero-order chi connectivity index (χ0) is 24.1. The highest BCUT2D eigenvalue weighted by molar-refractivity contribution is 9.10. The minimum absolute atomic E-state index is 0.0873. The maximum atomic E-state index is 12.9. The molecule has 0 bridgehead atoms. The number of hydrogen-bond acceptors (Lipinski definition) is 5. The molecule has 174 valence electrons. The lowest BCUT2D eigenvalue weighted by atomic mass is 10.1. The number of thioether (sulfide) groups is 1. The van der Waals surface area contributed by atoms with Gasteiger partial charge in [-0.05, 0) is 60.9 Å². The largest absolute Gasteiger partial charge is 0.497 e. The van der Waals surface area contributed by atoms with Crippen LogP contribution in [0.4, 0.5) is 5.69 Å². The van der Waals surface area contributed by atoms with Crippen molar-refractivity contribution >= 4 is 39.3 Å². The predicted molar refractivity (Wildman–Crippen MR) is 141 cm³/mol. The summed E-state index contributed by atoms with van der Waals surface area (Å²) in [6.07, 6.45) is 0.829. The highest BCUT2D eigenvalue weighted by Crippen LogP contribution is 2.30. The van der Waals surface area contributed by atoms with Gasteiger partial charge in [0.15, 0.2) is 11.0 Å². The van der Waals surface area contributed by atoms with Crippen LogP contribution in [0.25, 0.3) is 17.1 Å². The number of aryl methyl sites for hydroxylation is 2. The number of amides is 1. The van der Waals surface area contributed by atoms with E-state index in [1.807, 2.05) is 78.2 Å². The van der Waals surface area contributed by atoms with Crippen LogP contribution in [0.1, 0.15) is 18.1 Å². The Hall–Kier alpha value is -3.10. The Kier molecular flexibility index (Phi) is 7.70. The highest BCUT2D eigenvalue weighted by Gasteiger charge is 2.18. The van der Waals surface area contributed by atoms with E-state index in [-0.39, 0.29) is 11.7 Å². The first kappa shape index (κ1) is 24.0. The number of nitrogens with zero attached hydrogens (tertiary/aromatic N) is 3. The number of aromatic nitrogens is 3. The molecule has 0 radical (unpaired) electrons. The molecule has 0 saturated heterocycles. The van der Waals surface area contributed by atoms with E-state index in [0.717, 1.165) is 44.7 Å². The molecule has 1 amide bonds. The summed E-state index contributed by atoms with van der Waals surface area (Å²) < 4.78 is 8.28. The van der Waals surface area contributed by atoms with Gasteiger partial charge in [-0.25, -0.2) is 0 Å². The summed E-state index contributed by atoms with van der Waals surface area (Å²) >= 11 is 4.89. The van der Waals surface area contributed by atoms with Gasteiger partial charge in [-0.15, -0.1) is 10.2 Å². The van der Waals surface area contributed by atoms with Gasteiger partial charge >= 0.3 is 0 Å². The predicted octanol–water partition coefficient (Wildman–Crippen LogP) is 6.31. The number of carbonyl (C=O) groups is 1. The third-order valence-corrected chi connectivity index (χ3v) is 6.74. The molecule has 1 aromatic heterocycles. The van der Waals surface area contributed by atoms with Crippen molar-refractivity contribution in [2.45, 2.75) is 25.4 Å². The van der Waals surface area contributed by atoms with E-state index in [1.165, 1.54) is 11.8 Å². The summed E-state index contributed by atoms with van der Waals surface area (Å²) in [6, 6.07) is 21.6. The zero-order valence-electron chi connectivity index (χ0n) is 19.2. The minimum atomic E-state index is -0.0873. The fraction of sp³-hybridized carbons (Fsp3) is 0.192. The Bertz CT molecular complexity index is 1290. The summed E-state index contributed by atoms with van der Waals surface area (Å²) in [7, 11) is 1.64. The van der Waals surface area contributed by atoms with Crippen LogP contribution in [0.15, 0.2) is 76.4 Å². The first-order valence-electron chi connectivity index (χ1n) is 10.9. The first-order chi connectivity index (χ1) is 16.5. The van der Waals surface area contributed by atoms with E-state index in [0.29, 0.717) is 11.0 Å². The molecule has 6 nitrogen and oxygen atoms in total. The Balaban J connectivity index is 1.60. The van der Waals surface area contributed by atoms with Crippen molar-refractivity contribution in [1.29, 1.82) is 0 Å². The average molecular weight is 537 g/mol. The fourth-order valence-corrected chi connectivity index (χ4v) is 5.05. The molecule has 4 aromatic rings. The fourth-order valence-electron chi connectivity index (χ4n) is 3.68. The van der Waals surface area contributed by atoms with Gasteiger partial charge < -0.3 is 10.1 Å². The van der Waals surface area contributed by atoms with E-state index >= 15 is 0 Å². The number of ether oxygens (including phenoxy) is 1. The molecule has 0 unspecified atom stereocenters. The van der Waals surface area contributed by atoms with Crippen molar-refractivity contribution in [1.82, 2.24) is 14.8 Å². The summed E-state index contributed by atoms with van der Waals surface area (Å²) in [5.74, 6) is 1.60. The normalized spacial score (nSPS) is 10.8.